The van der Waals surface area contributed by atoms with E-state index in [1.165, 1.54) is 11.0 Å². The molecule has 1 aliphatic rings. The third-order valence-electron chi connectivity index (χ3n) is 2.98. The van der Waals surface area contributed by atoms with Crippen molar-refractivity contribution in [2.45, 2.75) is 32.4 Å². The highest BCUT2D eigenvalue weighted by molar-refractivity contribution is 9.10. The van der Waals surface area contributed by atoms with E-state index in [1.807, 2.05) is 6.07 Å². The molecule has 0 aromatic heterocycles. The number of carbonyl (C=O) groups is 2. The summed E-state index contributed by atoms with van der Waals surface area (Å²) >= 11 is 9.46. The first-order valence-electron chi connectivity index (χ1n) is 6.82. The second-order valence-electron chi connectivity index (χ2n) is 6.08. The number of amides is 1. The summed E-state index contributed by atoms with van der Waals surface area (Å²) in [7, 11) is 0. The molecule has 0 radical (unpaired) electrons. The van der Waals surface area contributed by atoms with Crippen LogP contribution in [-0.4, -0.2) is 28.9 Å². The van der Waals surface area contributed by atoms with Crippen LogP contribution in [0.5, 0.6) is 0 Å². The quantitative estimate of drug-likeness (QED) is 0.713. The van der Waals surface area contributed by atoms with E-state index < -0.39 is 11.7 Å². The molecule has 1 amide bonds. The van der Waals surface area contributed by atoms with Crippen LogP contribution in [0.2, 0.25) is 5.02 Å². The third kappa shape index (κ3) is 4.34. The average Bonchev–Trinajstić information content (AvgIpc) is 2.35. The van der Waals surface area contributed by atoms with Gasteiger partial charge in [-0.15, -0.1) is 0 Å². The van der Waals surface area contributed by atoms with Gasteiger partial charge in [-0.1, -0.05) is 33.6 Å². The summed E-state index contributed by atoms with van der Waals surface area (Å²) in [5.74, 6) is -0.136. The molecule has 1 aromatic rings. The number of ketones is 1. The average molecular weight is 387 g/mol. The molecule has 0 aliphatic carbocycles. The van der Waals surface area contributed by atoms with Crippen molar-refractivity contribution in [2.75, 3.05) is 6.54 Å². The van der Waals surface area contributed by atoms with Gasteiger partial charge in [0.15, 0.2) is 5.78 Å². The van der Waals surface area contributed by atoms with E-state index in [1.54, 1.807) is 39.0 Å². The number of nitrogens with zero attached hydrogens (tertiary/aromatic N) is 1. The highest BCUT2D eigenvalue weighted by Crippen LogP contribution is 2.31. The Bertz CT molecular complexity index is 617. The van der Waals surface area contributed by atoms with Crippen LogP contribution in [0.1, 0.15) is 32.4 Å². The molecule has 1 aromatic carbocycles. The van der Waals surface area contributed by atoms with Gasteiger partial charge in [0.05, 0.1) is 12.6 Å². The maximum atomic E-state index is 12.4. The fourth-order valence-corrected chi connectivity index (χ4v) is 3.04. The van der Waals surface area contributed by atoms with Crippen LogP contribution in [0.15, 0.2) is 34.8 Å². The highest BCUT2D eigenvalue weighted by atomic mass is 79.9. The topological polar surface area (TPSA) is 46.6 Å². The van der Waals surface area contributed by atoms with E-state index in [-0.39, 0.29) is 18.4 Å². The van der Waals surface area contributed by atoms with Gasteiger partial charge in [-0.05, 0) is 50.6 Å². The van der Waals surface area contributed by atoms with Gasteiger partial charge in [0.25, 0.3) is 0 Å². The molecule has 0 saturated carbocycles. The zero-order valence-electron chi connectivity index (χ0n) is 12.6. The van der Waals surface area contributed by atoms with Gasteiger partial charge >= 0.3 is 6.09 Å². The number of halogens is 2. The number of benzene rings is 1. The molecule has 0 saturated heterocycles. The Labute approximate surface area is 143 Å². The largest absolute Gasteiger partial charge is 0.444 e. The van der Waals surface area contributed by atoms with E-state index in [9.17, 15) is 9.59 Å². The normalized spacial score (nSPS) is 18.5. The summed E-state index contributed by atoms with van der Waals surface area (Å²) in [6, 6.07) is 5.02. The van der Waals surface area contributed by atoms with Crippen LogP contribution in [0.25, 0.3) is 0 Å². The van der Waals surface area contributed by atoms with Gasteiger partial charge in [0.2, 0.25) is 0 Å². The molecule has 0 spiro atoms. The number of hydrogen-bond acceptors (Lipinski definition) is 3. The maximum Gasteiger partial charge on any atom is 0.411 e. The molecule has 1 heterocycles. The molecular formula is C16H17BrClNO3. The van der Waals surface area contributed by atoms with E-state index >= 15 is 0 Å². The molecule has 0 fully saturated rings. The van der Waals surface area contributed by atoms with Gasteiger partial charge in [-0.3, -0.25) is 9.69 Å². The van der Waals surface area contributed by atoms with Gasteiger partial charge in [0.1, 0.15) is 5.60 Å². The molecule has 6 heteroatoms. The highest BCUT2D eigenvalue weighted by Gasteiger charge is 2.32. The van der Waals surface area contributed by atoms with Crippen molar-refractivity contribution in [2.24, 2.45) is 0 Å². The summed E-state index contributed by atoms with van der Waals surface area (Å²) in [5.41, 5.74) is 0.190. The molecular weight excluding hydrogens is 370 g/mol. The summed E-state index contributed by atoms with van der Waals surface area (Å²) in [6.07, 6.45) is 2.65. The summed E-state index contributed by atoms with van der Waals surface area (Å²) in [4.78, 5) is 25.5. The van der Waals surface area contributed by atoms with E-state index in [4.69, 9.17) is 16.3 Å². The van der Waals surface area contributed by atoms with E-state index in [0.29, 0.717) is 5.02 Å². The minimum absolute atomic E-state index is 0.0137. The lowest BCUT2D eigenvalue weighted by Gasteiger charge is -2.33. The van der Waals surface area contributed by atoms with Crippen molar-refractivity contribution >= 4 is 39.4 Å². The maximum absolute atomic E-state index is 12.4. The molecule has 1 atom stereocenters. The second kappa shape index (κ2) is 6.42. The zero-order valence-corrected chi connectivity index (χ0v) is 14.9. The summed E-state index contributed by atoms with van der Waals surface area (Å²) in [6.45, 7) is 5.35. The lowest BCUT2D eigenvalue weighted by atomic mass is 10.0. The molecule has 2 rings (SSSR count). The van der Waals surface area contributed by atoms with Crippen LogP contribution in [0.4, 0.5) is 4.79 Å². The van der Waals surface area contributed by atoms with Crippen molar-refractivity contribution < 1.29 is 14.3 Å². The van der Waals surface area contributed by atoms with Crippen LogP contribution < -0.4 is 0 Å². The fourth-order valence-electron chi connectivity index (χ4n) is 2.16. The van der Waals surface area contributed by atoms with Crippen LogP contribution in [0, 0.1) is 0 Å². The number of rotatable bonds is 1. The van der Waals surface area contributed by atoms with Gasteiger partial charge < -0.3 is 4.74 Å². The Hall–Kier alpha value is -1.33. The summed E-state index contributed by atoms with van der Waals surface area (Å²) in [5, 5.41) is 0.554. The fraction of sp³-hybridized carbons (Fsp3) is 0.375. The molecule has 4 nitrogen and oxygen atoms in total. The number of carbonyl (C=O) groups excluding carboxylic acids is 2. The monoisotopic (exact) mass is 385 g/mol. The van der Waals surface area contributed by atoms with Crippen molar-refractivity contribution in [1.29, 1.82) is 0 Å². The summed E-state index contributed by atoms with van der Waals surface area (Å²) < 4.78 is 6.20. The van der Waals surface area contributed by atoms with E-state index in [2.05, 4.69) is 15.9 Å². The standard InChI is InChI=1S/C16H17BrClNO3/c1-16(2,3)22-15(21)19-9-13(20)4-5-14(19)10-6-11(17)8-12(18)7-10/h4-8,14H,9H2,1-3H3. The lowest BCUT2D eigenvalue weighted by Crippen LogP contribution is -2.43. The molecule has 22 heavy (non-hydrogen) atoms. The zero-order chi connectivity index (χ0) is 16.5. The molecule has 1 aliphatic heterocycles. The second-order valence-corrected chi connectivity index (χ2v) is 7.43. The minimum Gasteiger partial charge on any atom is -0.444 e. The molecule has 0 N–H and O–H groups in total. The Morgan fingerprint density at radius 1 is 1.36 bits per heavy atom. The Kier molecular flexibility index (Phi) is 4.97. The first kappa shape index (κ1) is 17.0. The van der Waals surface area contributed by atoms with Crippen molar-refractivity contribution in [3.63, 3.8) is 0 Å². The Morgan fingerprint density at radius 2 is 2.05 bits per heavy atom. The smallest absolute Gasteiger partial charge is 0.411 e. The van der Waals surface area contributed by atoms with Gasteiger partial charge in [0, 0.05) is 9.50 Å². The predicted molar refractivity (Wildman–Crippen MR) is 89.0 cm³/mol. The number of ether oxygens (including phenoxy) is 1. The third-order valence-corrected chi connectivity index (χ3v) is 3.66. The molecule has 1 unspecified atom stereocenters. The first-order valence-corrected chi connectivity index (χ1v) is 7.99. The van der Waals surface area contributed by atoms with E-state index in [0.717, 1.165) is 10.0 Å². The van der Waals surface area contributed by atoms with Gasteiger partial charge in [-0.25, -0.2) is 4.79 Å². The Balaban J connectivity index is 2.35. The predicted octanol–water partition coefficient (Wildman–Crippen LogP) is 4.52. The van der Waals surface area contributed by atoms with Crippen molar-refractivity contribution in [1.82, 2.24) is 4.90 Å². The molecule has 0 bridgehead atoms. The van der Waals surface area contributed by atoms with Gasteiger partial charge in [-0.2, -0.15) is 0 Å². The van der Waals surface area contributed by atoms with Crippen LogP contribution in [0.3, 0.4) is 0 Å². The lowest BCUT2D eigenvalue weighted by molar-refractivity contribution is -0.116. The van der Waals surface area contributed by atoms with Crippen LogP contribution in [-0.2, 0) is 9.53 Å². The van der Waals surface area contributed by atoms with Crippen molar-refractivity contribution in [3.8, 4) is 0 Å². The van der Waals surface area contributed by atoms with Crippen molar-refractivity contribution in [3.05, 3.63) is 45.4 Å². The SMILES string of the molecule is CC(C)(C)OC(=O)N1CC(=O)C=CC1c1cc(Cl)cc(Br)c1. The molecule has 118 valence electrons. The number of hydrogen-bond donors (Lipinski definition) is 0. The minimum atomic E-state index is -0.624. The van der Waals surface area contributed by atoms with Crippen LogP contribution >= 0.6 is 27.5 Å². The first-order chi connectivity index (χ1) is 10.2. The Morgan fingerprint density at radius 3 is 2.64 bits per heavy atom.